The van der Waals surface area contributed by atoms with E-state index in [1.54, 1.807) is 0 Å². The van der Waals surface area contributed by atoms with E-state index in [1.165, 1.54) is 12.8 Å². The first-order valence-corrected chi connectivity index (χ1v) is 6.89. The van der Waals surface area contributed by atoms with Crippen LogP contribution in [0.15, 0.2) is 18.2 Å². The molecule has 1 fully saturated rings. The second-order valence-corrected chi connectivity index (χ2v) is 5.22. The van der Waals surface area contributed by atoms with Gasteiger partial charge < -0.3 is 15.2 Å². The molecule has 4 heteroatoms. The fourth-order valence-corrected chi connectivity index (χ4v) is 1.87. The number of nitrogens with one attached hydrogen (secondary N) is 1. The maximum atomic E-state index is 9.53. The quantitative estimate of drug-likeness (QED) is 0.800. The smallest absolute Gasteiger partial charge is 0.124 e. The predicted octanol–water partition coefficient (Wildman–Crippen LogP) is 2.74. The van der Waals surface area contributed by atoms with Crippen molar-refractivity contribution in [2.45, 2.75) is 44.9 Å². The van der Waals surface area contributed by atoms with Crippen LogP contribution in [0.2, 0.25) is 5.02 Å². The molecule has 0 aliphatic heterocycles. The highest BCUT2D eigenvalue weighted by atomic mass is 35.5. The summed E-state index contributed by atoms with van der Waals surface area (Å²) in [4.78, 5) is 0. The Hall–Kier alpha value is -0.770. The van der Waals surface area contributed by atoms with E-state index in [2.05, 4.69) is 5.32 Å². The Labute approximate surface area is 113 Å². The molecule has 1 aliphatic rings. The normalized spacial score (nSPS) is 16.6. The summed E-state index contributed by atoms with van der Waals surface area (Å²) in [6, 6.07) is 6.26. The van der Waals surface area contributed by atoms with E-state index in [1.807, 2.05) is 25.1 Å². The third-order valence-electron chi connectivity index (χ3n) is 3.08. The number of hydrogen-bond acceptors (Lipinski definition) is 3. The molecule has 0 saturated heterocycles. The van der Waals surface area contributed by atoms with Gasteiger partial charge in [-0.25, -0.2) is 0 Å². The molecule has 0 bridgehead atoms. The minimum absolute atomic E-state index is 0.328. The maximum Gasteiger partial charge on any atom is 0.124 e. The van der Waals surface area contributed by atoms with Gasteiger partial charge in [-0.15, -0.1) is 0 Å². The molecule has 0 radical (unpaired) electrons. The third kappa shape index (κ3) is 4.16. The summed E-state index contributed by atoms with van der Waals surface area (Å²) in [5.41, 5.74) is 1.05. The number of ether oxygens (including phenoxy) is 1. The molecule has 1 aromatic carbocycles. The second-order valence-electron chi connectivity index (χ2n) is 4.78. The first-order valence-electron chi connectivity index (χ1n) is 6.51. The Morgan fingerprint density at radius 3 is 2.94 bits per heavy atom. The van der Waals surface area contributed by atoms with Crippen LogP contribution in [0, 0.1) is 0 Å². The molecule has 100 valence electrons. The summed E-state index contributed by atoms with van der Waals surface area (Å²) in [6.07, 6.45) is 2.80. The molecule has 1 saturated carbocycles. The van der Waals surface area contributed by atoms with Gasteiger partial charge in [0.2, 0.25) is 0 Å². The van der Waals surface area contributed by atoms with Crippen molar-refractivity contribution in [3.63, 3.8) is 0 Å². The SMILES string of the molecule is CCC(O)COc1ccc(Cl)cc1CNC1CC1. The molecule has 0 heterocycles. The van der Waals surface area contributed by atoms with Crippen molar-refractivity contribution in [3.05, 3.63) is 28.8 Å². The lowest BCUT2D eigenvalue weighted by Crippen LogP contribution is -2.19. The van der Waals surface area contributed by atoms with Crippen molar-refractivity contribution < 1.29 is 9.84 Å². The standard InChI is InChI=1S/C14H20ClNO2/c1-2-13(17)9-18-14-6-3-11(15)7-10(14)8-16-12-4-5-12/h3,6-7,12-13,16-17H,2,4-5,8-9H2,1H3. The van der Waals surface area contributed by atoms with Crippen LogP contribution < -0.4 is 10.1 Å². The van der Waals surface area contributed by atoms with Crippen LogP contribution in [0.25, 0.3) is 0 Å². The third-order valence-corrected chi connectivity index (χ3v) is 3.32. The number of aliphatic hydroxyl groups excluding tert-OH is 1. The highest BCUT2D eigenvalue weighted by Gasteiger charge is 2.20. The van der Waals surface area contributed by atoms with Gasteiger partial charge in [0.05, 0.1) is 6.10 Å². The first kappa shape index (κ1) is 13.7. The number of aliphatic hydroxyl groups is 1. The fraction of sp³-hybridized carbons (Fsp3) is 0.571. The topological polar surface area (TPSA) is 41.5 Å². The molecule has 1 aliphatic carbocycles. The van der Waals surface area contributed by atoms with Crippen molar-refractivity contribution in [2.24, 2.45) is 0 Å². The highest BCUT2D eigenvalue weighted by molar-refractivity contribution is 6.30. The van der Waals surface area contributed by atoms with Crippen LogP contribution in [-0.4, -0.2) is 23.9 Å². The summed E-state index contributed by atoms with van der Waals surface area (Å²) in [6.45, 7) is 3.03. The van der Waals surface area contributed by atoms with Crippen molar-refractivity contribution >= 4 is 11.6 Å². The van der Waals surface area contributed by atoms with E-state index in [0.29, 0.717) is 24.1 Å². The zero-order chi connectivity index (χ0) is 13.0. The lowest BCUT2D eigenvalue weighted by atomic mass is 10.2. The van der Waals surface area contributed by atoms with Crippen molar-refractivity contribution in [3.8, 4) is 5.75 Å². The maximum absolute atomic E-state index is 9.53. The summed E-state index contributed by atoms with van der Waals surface area (Å²) in [5, 5.41) is 13.7. The van der Waals surface area contributed by atoms with Crippen LogP contribution in [-0.2, 0) is 6.54 Å². The zero-order valence-electron chi connectivity index (χ0n) is 10.7. The molecule has 18 heavy (non-hydrogen) atoms. The van der Waals surface area contributed by atoms with Gasteiger partial charge in [-0.1, -0.05) is 18.5 Å². The predicted molar refractivity (Wildman–Crippen MR) is 73.1 cm³/mol. The van der Waals surface area contributed by atoms with Crippen molar-refractivity contribution in [1.82, 2.24) is 5.32 Å². The molecule has 0 amide bonds. The molecular formula is C14H20ClNO2. The Morgan fingerprint density at radius 1 is 1.50 bits per heavy atom. The highest BCUT2D eigenvalue weighted by Crippen LogP contribution is 2.25. The summed E-state index contributed by atoms with van der Waals surface area (Å²) in [7, 11) is 0. The molecule has 2 rings (SSSR count). The Morgan fingerprint density at radius 2 is 2.28 bits per heavy atom. The van der Waals surface area contributed by atoms with Gasteiger partial charge in [0, 0.05) is 23.2 Å². The molecule has 1 atom stereocenters. The zero-order valence-corrected chi connectivity index (χ0v) is 11.4. The molecule has 1 unspecified atom stereocenters. The van der Waals surface area contributed by atoms with Gasteiger partial charge in [-0.2, -0.15) is 0 Å². The van der Waals surface area contributed by atoms with E-state index in [9.17, 15) is 5.11 Å². The Bertz CT molecular complexity index is 393. The Kier molecular flexibility index (Phi) is 4.87. The fourth-order valence-electron chi connectivity index (χ4n) is 1.67. The van der Waals surface area contributed by atoms with E-state index < -0.39 is 6.10 Å². The van der Waals surface area contributed by atoms with E-state index >= 15 is 0 Å². The van der Waals surface area contributed by atoms with E-state index in [4.69, 9.17) is 16.3 Å². The van der Waals surface area contributed by atoms with Crippen LogP contribution in [0.5, 0.6) is 5.75 Å². The van der Waals surface area contributed by atoms with Crippen molar-refractivity contribution in [2.75, 3.05) is 6.61 Å². The van der Waals surface area contributed by atoms with Crippen LogP contribution in [0.3, 0.4) is 0 Å². The molecule has 0 spiro atoms. The number of benzene rings is 1. The number of rotatable bonds is 7. The largest absolute Gasteiger partial charge is 0.491 e. The van der Waals surface area contributed by atoms with E-state index in [0.717, 1.165) is 17.9 Å². The average Bonchev–Trinajstić information content (AvgIpc) is 3.18. The summed E-state index contributed by atoms with van der Waals surface area (Å²) >= 11 is 6.01. The van der Waals surface area contributed by atoms with Gasteiger partial charge in [-0.05, 0) is 37.5 Å². The van der Waals surface area contributed by atoms with Gasteiger partial charge in [-0.3, -0.25) is 0 Å². The van der Waals surface area contributed by atoms with Crippen LogP contribution in [0.4, 0.5) is 0 Å². The minimum Gasteiger partial charge on any atom is -0.491 e. The van der Waals surface area contributed by atoms with Crippen molar-refractivity contribution in [1.29, 1.82) is 0 Å². The van der Waals surface area contributed by atoms with Gasteiger partial charge in [0.25, 0.3) is 0 Å². The average molecular weight is 270 g/mol. The molecule has 0 aromatic heterocycles. The molecule has 1 aromatic rings. The lowest BCUT2D eigenvalue weighted by molar-refractivity contribution is 0.104. The monoisotopic (exact) mass is 269 g/mol. The van der Waals surface area contributed by atoms with Gasteiger partial charge >= 0.3 is 0 Å². The minimum atomic E-state index is -0.412. The van der Waals surface area contributed by atoms with E-state index in [-0.39, 0.29) is 0 Å². The molecule has 3 nitrogen and oxygen atoms in total. The number of halogens is 1. The van der Waals surface area contributed by atoms with Gasteiger partial charge in [0.15, 0.2) is 0 Å². The first-order chi connectivity index (χ1) is 8.69. The molecule has 2 N–H and O–H groups in total. The Balaban J connectivity index is 1.97. The lowest BCUT2D eigenvalue weighted by Gasteiger charge is -2.14. The second kappa shape index (κ2) is 6.41. The van der Waals surface area contributed by atoms with Crippen LogP contribution >= 0.6 is 11.6 Å². The summed E-state index contributed by atoms with van der Waals surface area (Å²) < 4.78 is 5.65. The molecular weight excluding hydrogens is 250 g/mol. The van der Waals surface area contributed by atoms with Gasteiger partial charge in [0.1, 0.15) is 12.4 Å². The summed E-state index contributed by atoms with van der Waals surface area (Å²) in [5.74, 6) is 0.806. The number of hydrogen-bond donors (Lipinski definition) is 2. The van der Waals surface area contributed by atoms with Crippen LogP contribution in [0.1, 0.15) is 31.7 Å².